The number of ketones is 1. The number of likely N-dealkylation sites (tertiary alicyclic amines) is 1. The second kappa shape index (κ2) is 12.0. The van der Waals surface area contributed by atoms with Crippen molar-refractivity contribution < 1.29 is 28.9 Å². The molecule has 4 rings (SSSR count). The molecule has 38 heavy (non-hydrogen) atoms. The van der Waals surface area contributed by atoms with Gasteiger partial charge in [0, 0.05) is 19.2 Å². The Labute approximate surface area is 223 Å². The maximum atomic E-state index is 13.3. The average molecular weight is 516 g/mol. The third-order valence-corrected chi connectivity index (χ3v) is 6.27. The summed E-state index contributed by atoms with van der Waals surface area (Å²) in [5.74, 6) is 0.608. The summed E-state index contributed by atoms with van der Waals surface area (Å²) in [7, 11) is 1.53. The predicted molar refractivity (Wildman–Crippen MR) is 145 cm³/mol. The second-order valence-corrected chi connectivity index (χ2v) is 9.65. The van der Waals surface area contributed by atoms with Gasteiger partial charge in [-0.1, -0.05) is 44.2 Å². The van der Waals surface area contributed by atoms with E-state index in [4.69, 9.17) is 14.2 Å². The summed E-state index contributed by atoms with van der Waals surface area (Å²) < 4.78 is 17.0. The lowest BCUT2D eigenvalue weighted by Gasteiger charge is -2.25. The molecule has 0 unspecified atom stereocenters. The summed E-state index contributed by atoms with van der Waals surface area (Å²) in [6.07, 6.45) is 0. The van der Waals surface area contributed by atoms with E-state index in [0.29, 0.717) is 40.9 Å². The molecule has 1 atom stereocenters. The highest BCUT2D eigenvalue weighted by atomic mass is 16.5. The van der Waals surface area contributed by atoms with Crippen LogP contribution in [0.5, 0.6) is 17.2 Å². The van der Waals surface area contributed by atoms with E-state index < -0.39 is 17.7 Å². The number of hydrogen-bond donors (Lipinski definition) is 1. The molecule has 1 amide bonds. The maximum absolute atomic E-state index is 13.3. The zero-order valence-corrected chi connectivity index (χ0v) is 22.1. The minimum absolute atomic E-state index is 0.0295. The highest BCUT2D eigenvalue weighted by Crippen LogP contribution is 2.41. The van der Waals surface area contributed by atoms with Crippen molar-refractivity contribution in [1.29, 1.82) is 0 Å². The van der Waals surface area contributed by atoms with Gasteiger partial charge in [0.2, 0.25) is 0 Å². The molecule has 198 valence electrons. The lowest BCUT2D eigenvalue weighted by atomic mass is 9.93. The fourth-order valence-electron chi connectivity index (χ4n) is 4.42. The number of amides is 1. The van der Waals surface area contributed by atoms with E-state index in [2.05, 4.69) is 13.8 Å². The SMILES string of the molecule is COCCN1C(=O)C(=O)C(=C(O)c2ccc(OCC(C)C)cc2C)[C@H]1c1cccc(Oc2ccccc2)c1. The molecule has 1 N–H and O–H groups in total. The van der Waals surface area contributed by atoms with Crippen LogP contribution in [0.25, 0.3) is 5.76 Å². The van der Waals surface area contributed by atoms with Crippen LogP contribution >= 0.6 is 0 Å². The first-order valence-electron chi connectivity index (χ1n) is 12.6. The third kappa shape index (κ3) is 5.89. The normalized spacial score (nSPS) is 16.8. The number of carbonyl (C=O) groups excluding carboxylic acids is 2. The molecule has 1 aliphatic rings. The predicted octanol–water partition coefficient (Wildman–Crippen LogP) is 5.89. The van der Waals surface area contributed by atoms with Gasteiger partial charge in [-0.15, -0.1) is 0 Å². The van der Waals surface area contributed by atoms with E-state index in [1.807, 2.05) is 49.4 Å². The highest BCUT2D eigenvalue weighted by Gasteiger charge is 2.46. The van der Waals surface area contributed by atoms with Crippen molar-refractivity contribution in [3.63, 3.8) is 0 Å². The molecule has 7 nitrogen and oxygen atoms in total. The Bertz CT molecular complexity index is 1330. The number of carbonyl (C=O) groups is 2. The summed E-state index contributed by atoms with van der Waals surface area (Å²) in [4.78, 5) is 27.9. The van der Waals surface area contributed by atoms with Crippen molar-refractivity contribution in [1.82, 2.24) is 4.90 Å². The van der Waals surface area contributed by atoms with Crippen molar-refractivity contribution >= 4 is 17.4 Å². The number of ether oxygens (including phenoxy) is 3. The number of nitrogens with zero attached hydrogens (tertiary/aromatic N) is 1. The molecule has 3 aromatic rings. The second-order valence-electron chi connectivity index (χ2n) is 9.65. The standard InChI is InChI=1S/C31H33NO6/c1-20(2)19-37-24-13-14-26(21(3)17-24)29(33)27-28(32(15-16-36-4)31(35)30(27)34)22-9-8-12-25(18-22)38-23-10-6-5-7-11-23/h5-14,17-18,20,28,33H,15-16,19H2,1-4H3/t28-/m1/s1. The minimum Gasteiger partial charge on any atom is -0.507 e. The summed E-state index contributed by atoms with van der Waals surface area (Å²) in [6.45, 7) is 6.96. The van der Waals surface area contributed by atoms with Crippen molar-refractivity contribution in [2.75, 3.05) is 26.9 Å². The number of benzene rings is 3. The van der Waals surface area contributed by atoms with Gasteiger partial charge in [0.25, 0.3) is 11.7 Å². The van der Waals surface area contributed by atoms with Crippen LogP contribution < -0.4 is 9.47 Å². The van der Waals surface area contributed by atoms with E-state index in [1.165, 1.54) is 12.0 Å². The first kappa shape index (κ1) is 26.9. The van der Waals surface area contributed by atoms with Crippen molar-refractivity contribution in [2.45, 2.75) is 26.8 Å². The minimum atomic E-state index is -0.805. The number of methoxy groups -OCH3 is 1. The molecule has 0 saturated carbocycles. The molecule has 0 aromatic heterocycles. The number of hydrogen-bond acceptors (Lipinski definition) is 6. The van der Waals surface area contributed by atoms with E-state index in [0.717, 1.165) is 5.56 Å². The average Bonchev–Trinajstić information content (AvgIpc) is 3.16. The lowest BCUT2D eigenvalue weighted by Crippen LogP contribution is -2.32. The molecular weight excluding hydrogens is 482 g/mol. The Hall–Kier alpha value is -4.10. The van der Waals surface area contributed by atoms with Gasteiger partial charge in [-0.05, 0) is 66.4 Å². The zero-order chi connectivity index (χ0) is 27.2. The van der Waals surface area contributed by atoms with Gasteiger partial charge in [0.1, 0.15) is 23.0 Å². The number of rotatable bonds is 10. The van der Waals surface area contributed by atoms with Crippen LogP contribution in [0.2, 0.25) is 0 Å². The van der Waals surface area contributed by atoms with Gasteiger partial charge in [-0.2, -0.15) is 0 Å². The van der Waals surface area contributed by atoms with E-state index in [-0.39, 0.29) is 24.5 Å². The Morgan fingerprint density at radius 3 is 2.37 bits per heavy atom. The topological polar surface area (TPSA) is 85.3 Å². The van der Waals surface area contributed by atoms with Crippen molar-refractivity contribution in [3.8, 4) is 17.2 Å². The maximum Gasteiger partial charge on any atom is 0.295 e. The molecule has 7 heteroatoms. The molecule has 1 saturated heterocycles. The van der Waals surface area contributed by atoms with E-state index in [9.17, 15) is 14.7 Å². The van der Waals surface area contributed by atoms with Gasteiger partial charge >= 0.3 is 0 Å². The first-order chi connectivity index (χ1) is 18.3. The molecule has 0 bridgehead atoms. The van der Waals surface area contributed by atoms with Gasteiger partial charge < -0.3 is 24.2 Å². The van der Waals surface area contributed by atoms with Gasteiger partial charge in [0.05, 0.1) is 24.8 Å². The Kier molecular flexibility index (Phi) is 8.48. The molecule has 0 aliphatic carbocycles. The van der Waals surface area contributed by atoms with Crippen LogP contribution in [0, 0.1) is 12.8 Å². The van der Waals surface area contributed by atoms with Crippen LogP contribution in [0.1, 0.15) is 36.6 Å². The van der Waals surface area contributed by atoms with Crippen LogP contribution in [0.3, 0.4) is 0 Å². The first-order valence-corrected chi connectivity index (χ1v) is 12.6. The fourth-order valence-corrected chi connectivity index (χ4v) is 4.42. The fraction of sp³-hybridized carbons (Fsp3) is 0.290. The quantitative estimate of drug-likeness (QED) is 0.206. The van der Waals surface area contributed by atoms with E-state index in [1.54, 1.807) is 30.3 Å². The molecule has 1 aliphatic heterocycles. The van der Waals surface area contributed by atoms with Crippen molar-refractivity contribution in [3.05, 3.63) is 95.1 Å². The summed E-state index contributed by atoms with van der Waals surface area (Å²) in [5, 5.41) is 11.5. The summed E-state index contributed by atoms with van der Waals surface area (Å²) in [5.41, 5.74) is 1.87. The molecule has 1 fully saturated rings. The molecule has 0 spiro atoms. The Balaban J connectivity index is 1.76. The molecule has 3 aromatic carbocycles. The van der Waals surface area contributed by atoms with Gasteiger partial charge in [0.15, 0.2) is 0 Å². The van der Waals surface area contributed by atoms with Crippen LogP contribution in [-0.4, -0.2) is 48.6 Å². The summed E-state index contributed by atoms with van der Waals surface area (Å²) in [6, 6.07) is 21.0. The van der Waals surface area contributed by atoms with Gasteiger partial charge in [-0.25, -0.2) is 0 Å². The number of aliphatic hydroxyl groups is 1. The Morgan fingerprint density at radius 2 is 1.68 bits per heavy atom. The summed E-state index contributed by atoms with van der Waals surface area (Å²) >= 11 is 0. The number of Topliss-reactive ketones (excluding diaryl/α,β-unsaturated/α-hetero) is 1. The van der Waals surface area contributed by atoms with Gasteiger partial charge in [-0.3, -0.25) is 9.59 Å². The third-order valence-electron chi connectivity index (χ3n) is 6.27. The number of aryl methyl sites for hydroxylation is 1. The number of aliphatic hydroxyl groups excluding tert-OH is 1. The van der Waals surface area contributed by atoms with E-state index >= 15 is 0 Å². The molecular formula is C31H33NO6. The van der Waals surface area contributed by atoms with Crippen LogP contribution in [0.15, 0.2) is 78.4 Å². The zero-order valence-electron chi connectivity index (χ0n) is 22.1. The monoisotopic (exact) mass is 515 g/mol. The molecule has 1 heterocycles. The smallest absolute Gasteiger partial charge is 0.295 e. The highest BCUT2D eigenvalue weighted by molar-refractivity contribution is 6.46. The van der Waals surface area contributed by atoms with Crippen LogP contribution in [-0.2, 0) is 14.3 Å². The number of para-hydroxylation sites is 1. The largest absolute Gasteiger partial charge is 0.507 e. The molecule has 0 radical (unpaired) electrons. The Morgan fingerprint density at radius 1 is 0.947 bits per heavy atom. The van der Waals surface area contributed by atoms with Crippen molar-refractivity contribution in [2.24, 2.45) is 5.92 Å². The van der Waals surface area contributed by atoms with Crippen LogP contribution in [0.4, 0.5) is 0 Å². The lowest BCUT2D eigenvalue weighted by molar-refractivity contribution is -0.140.